The van der Waals surface area contributed by atoms with Crippen molar-refractivity contribution in [1.29, 1.82) is 0 Å². The summed E-state index contributed by atoms with van der Waals surface area (Å²) in [4.78, 5) is 0. The molecular formula is C3H3N2S. The standard InChI is InChI=1S/C3H3N2S/c1-3-5-4-2-6-3/h2H,1H2. The van der Waals surface area contributed by atoms with Gasteiger partial charge in [0, 0.05) is 6.92 Å². The summed E-state index contributed by atoms with van der Waals surface area (Å²) in [6, 6.07) is 0. The monoisotopic (exact) mass is 99.0 g/mol. The predicted molar refractivity (Wildman–Crippen MR) is 24.4 cm³/mol. The first-order chi connectivity index (χ1) is 2.89. The van der Waals surface area contributed by atoms with Gasteiger partial charge in [-0.3, -0.25) is 0 Å². The Balaban J connectivity index is 3.05. The van der Waals surface area contributed by atoms with E-state index in [2.05, 4.69) is 17.1 Å². The molecule has 0 aliphatic carbocycles. The van der Waals surface area contributed by atoms with E-state index in [1.807, 2.05) is 0 Å². The van der Waals surface area contributed by atoms with Crippen LogP contribution in [-0.4, -0.2) is 10.2 Å². The van der Waals surface area contributed by atoms with E-state index in [0.717, 1.165) is 5.01 Å². The average molecular weight is 99.1 g/mol. The van der Waals surface area contributed by atoms with Gasteiger partial charge in [-0.25, -0.2) is 0 Å². The summed E-state index contributed by atoms with van der Waals surface area (Å²) in [6.07, 6.45) is 0. The van der Waals surface area contributed by atoms with E-state index >= 15 is 0 Å². The van der Waals surface area contributed by atoms with Gasteiger partial charge in [0.05, 0.1) is 0 Å². The minimum absolute atomic E-state index is 0.773. The molecule has 0 saturated heterocycles. The Kier molecular flexibility index (Phi) is 0.837. The molecule has 6 heavy (non-hydrogen) atoms. The minimum atomic E-state index is 0.773. The van der Waals surface area contributed by atoms with Crippen LogP contribution in [0.15, 0.2) is 5.51 Å². The van der Waals surface area contributed by atoms with Crippen LogP contribution in [0.4, 0.5) is 0 Å². The Morgan fingerprint density at radius 1 is 1.83 bits per heavy atom. The number of rotatable bonds is 0. The van der Waals surface area contributed by atoms with Gasteiger partial charge in [0.25, 0.3) is 0 Å². The van der Waals surface area contributed by atoms with Crippen LogP contribution in [0.2, 0.25) is 0 Å². The molecule has 31 valence electrons. The molecule has 1 heterocycles. The summed E-state index contributed by atoms with van der Waals surface area (Å²) in [5, 5.41) is 7.88. The van der Waals surface area contributed by atoms with Gasteiger partial charge >= 0.3 is 0 Å². The van der Waals surface area contributed by atoms with Crippen molar-refractivity contribution in [3.63, 3.8) is 0 Å². The lowest BCUT2D eigenvalue weighted by Gasteiger charge is -1.61. The highest BCUT2D eigenvalue weighted by Gasteiger charge is 1.78. The zero-order valence-electron chi connectivity index (χ0n) is 3.09. The zero-order valence-corrected chi connectivity index (χ0v) is 3.90. The molecule has 0 atom stereocenters. The third kappa shape index (κ3) is 0.542. The van der Waals surface area contributed by atoms with E-state index in [4.69, 9.17) is 0 Å². The van der Waals surface area contributed by atoms with Gasteiger partial charge in [-0.05, 0) is 0 Å². The Morgan fingerprint density at radius 2 is 2.67 bits per heavy atom. The summed E-state index contributed by atoms with van der Waals surface area (Å²) in [5.74, 6) is 0. The second-order valence-electron chi connectivity index (χ2n) is 0.832. The van der Waals surface area contributed by atoms with Gasteiger partial charge in [0.1, 0.15) is 10.5 Å². The highest BCUT2D eigenvalue weighted by atomic mass is 32.1. The molecule has 0 amide bonds. The Labute approximate surface area is 39.8 Å². The Bertz CT molecular complexity index is 112. The minimum Gasteiger partial charge on any atom is -0.147 e. The number of hydrogen-bond donors (Lipinski definition) is 0. The van der Waals surface area contributed by atoms with Crippen LogP contribution in [0.3, 0.4) is 0 Å². The lowest BCUT2D eigenvalue weighted by Crippen LogP contribution is -1.64. The third-order valence-electron chi connectivity index (χ3n) is 0.405. The fourth-order valence-electron chi connectivity index (χ4n) is 0.196. The Hall–Kier alpha value is -0.440. The molecule has 0 saturated carbocycles. The quantitative estimate of drug-likeness (QED) is 0.479. The van der Waals surface area contributed by atoms with Crippen LogP contribution < -0.4 is 0 Å². The molecule has 0 aliphatic heterocycles. The molecular weight excluding hydrogens is 96.1 g/mol. The highest BCUT2D eigenvalue weighted by Crippen LogP contribution is 1.94. The lowest BCUT2D eigenvalue weighted by molar-refractivity contribution is 1.07. The van der Waals surface area contributed by atoms with Crippen molar-refractivity contribution in [3.8, 4) is 0 Å². The normalized spacial score (nSPS) is 8.83. The molecule has 1 radical (unpaired) electrons. The van der Waals surface area contributed by atoms with E-state index < -0.39 is 0 Å². The first-order valence-corrected chi connectivity index (χ1v) is 2.35. The van der Waals surface area contributed by atoms with Crippen LogP contribution in [0.1, 0.15) is 5.01 Å². The van der Waals surface area contributed by atoms with Crippen molar-refractivity contribution in [2.75, 3.05) is 0 Å². The van der Waals surface area contributed by atoms with Gasteiger partial charge in [0.2, 0.25) is 0 Å². The van der Waals surface area contributed by atoms with Crippen LogP contribution >= 0.6 is 11.3 Å². The van der Waals surface area contributed by atoms with Crippen molar-refractivity contribution in [1.82, 2.24) is 10.2 Å². The lowest BCUT2D eigenvalue weighted by atomic mass is 10.9. The number of aromatic nitrogens is 2. The number of nitrogens with zero attached hydrogens (tertiary/aromatic N) is 2. The molecule has 0 fully saturated rings. The molecule has 3 heteroatoms. The van der Waals surface area contributed by atoms with Crippen molar-refractivity contribution in [3.05, 3.63) is 17.4 Å². The topological polar surface area (TPSA) is 25.8 Å². The largest absolute Gasteiger partial charge is 0.147 e. The van der Waals surface area contributed by atoms with E-state index in [1.54, 1.807) is 5.51 Å². The average Bonchev–Trinajstić information content (AvgIpc) is 1.86. The van der Waals surface area contributed by atoms with Gasteiger partial charge in [-0.2, -0.15) is 0 Å². The maximum atomic E-state index is 3.57. The van der Waals surface area contributed by atoms with Crippen molar-refractivity contribution in [2.24, 2.45) is 0 Å². The molecule has 1 rings (SSSR count). The molecule has 0 spiro atoms. The molecule has 0 unspecified atom stereocenters. The first-order valence-electron chi connectivity index (χ1n) is 1.48. The van der Waals surface area contributed by atoms with E-state index in [9.17, 15) is 0 Å². The first kappa shape index (κ1) is 3.74. The van der Waals surface area contributed by atoms with Crippen LogP contribution in [0, 0.1) is 6.92 Å². The maximum Gasteiger partial charge on any atom is 0.117 e. The van der Waals surface area contributed by atoms with Gasteiger partial charge in [-0.15, -0.1) is 21.5 Å². The maximum absolute atomic E-state index is 3.57. The zero-order chi connectivity index (χ0) is 4.41. The summed E-state index contributed by atoms with van der Waals surface area (Å²) >= 11 is 1.44. The van der Waals surface area contributed by atoms with E-state index in [-0.39, 0.29) is 0 Å². The van der Waals surface area contributed by atoms with Crippen LogP contribution in [0.5, 0.6) is 0 Å². The second-order valence-corrected chi connectivity index (χ2v) is 1.75. The summed E-state index contributed by atoms with van der Waals surface area (Å²) in [5.41, 5.74) is 1.66. The second kappa shape index (κ2) is 1.34. The van der Waals surface area contributed by atoms with Crippen molar-refractivity contribution >= 4 is 11.3 Å². The third-order valence-corrected chi connectivity index (χ3v) is 0.959. The van der Waals surface area contributed by atoms with Crippen LogP contribution in [0.25, 0.3) is 0 Å². The van der Waals surface area contributed by atoms with Crippen LogP contribution in [-0.2, 0) is 0 Å². The smallest absolute Gasteiger partial charge is 0.117 e. The van der Waals surface area contributed by atoms with E-state index in [0.29, 0.717) is 0 Å². The number of hydrogen-bond acceptors (Lipinski definition) is 3. The molecule has 0 aliphatic rings. The summed E-state index contributed by atoms with van der Waals surface area (Å²) < 4.78 is 0. The summed E-state index contributed by atoms with van der Waals surface area (Å²) in [7, 11) is 0. The predicted octanol–water partition coefficient (Wildman–Crippen LogP) is 0.720. The fourth-order valence-corrected chi connectivity index (χ4v) is 0.506. The Morgan fingerprint density at radius 3 is 2.83 bits per heavy atom. The molecule has 2 nitrogen and oxygen atoms in total. The molecule has 1 aromatic rings. The van der Waals surface area contributed by atoms with E-state index in [1.165, 1.54) is 11.3 Å². The fraction of sp³-hybridized carbons (Fsp3) is 0. The molecule has 0 N–H and O–H groups in total. The van der Waals surface area contributed by atoms with Gasteiger partial charge in [-0.1, -0.05) is 0 Å². The SMILES string of the molecule is [CH2]c1nncs1. The van der Waals surface area contributed by atoms with Crippen molar-refractivity contribution in [2.45, 2.75) is 0 Å². The van der Waals surface area contributed by atoms with Gasteiger partial charge < -0.3 is 0 Å². The summed E-state index contributed by atoms with van der Waals surface area (Å²) in [6.45, 7) is 3.53. The van der Waals surface area contributed by atoms with Gasteiger partial charge in [0.15, 0.2) is 0 Å². The highest BCUT2D eigenvalue weighted by molar-refractivity contribution is 7.09. The molecule has 1 aromatic heterocycles. The van der Waals surface area contributed by atoms with Crippen molar-refractivity contribution < 1.29 is 0 Å². The molecule has 0 bridgehead atoms. The molecule has 0 aromatic carbocycles.